The van der Waals surface area contributed by atoms with E-state index in [2.05, 4.69) is 4.90 Å². The number of anilines is 1. The molecule has 4 nitrogen and oxygen atoms in total. The Balaban J connectivity index is 1.72. The summed E-state index contributed by atoms with van der Waals surface area (Å²) in [6, 6.07) is 5.24. The van der Waals surface area contributed by atoms with Crippen LogP contribution in [-0.2, 0) is 4.74 Å². The van der Waals surface area contributed by atoms with E-state index in [1.165, 1.54) is 25.9 Å². The third-order valence-electron chi connectivity index (χ3n) is 3.56. The van der Waals surface area contributed by atoms with Gasteiger partial charge in [0.05, 0.1) is 12.2 Å². The quantitative estimate of drug-likeness (QED) is 0.502. The van der Waals surface area contributed by atoms with Crippen molar-refractivity contribution < 1.29 is 9.53 Å². The standard InChI is InChI=1S/C15H22N2O2/c1-12-11-13(5-6-14(12)16)15(18)19-10-4-9-17-7-2-3-8-17/h5-6,11H,2-4,7-10,16H2,1H3. The van der Waals surface area contributed by atoms with Crippen molar-refractivity contribution in [2.45, 2.75) is 26.2 Å². The summed E-state index contributed by atoms with van der Waals surface area (Å²) < 4.78 is 5.28. The number of rotatable bonds is 5. The molecule has 2 N–H and O–H groups in total. The number of nitrogens with two attached hydrogens (primary N) is 1. The lowest BCUT2D eigenvalue weighted by molar-refractivity contribution is 0.0491. The van der Waals surface area contributed by atoms with Gasteiger partial charge in [-0.05, 0) is 63.0 Å². The van der Waals surface area contributed by atoms with Crippen molar-refractivity contribution in [2.24, 2.45) is 0 Å². The molecule has 1 heterocycles. The molecule has 1 fully saturated rings. The first kappa shape index (κ1) is 13.9. The Morgan fingerprint density at radius 1 is 1.37 bits per heavy atom. The number of carbonyl (C=O) groups excluding carboxylic acids is 1. The Labute approximate surface area is 114 Å². The minimum atomic E-state index is -0.260. The highest BCUT2D eigenvalue weighted by Gasteiger charge is 2.12. The van der Waals surface area contributed by atoms with Crippen molar-refractivity contribution in [3.63, 3.8) is 0 Å². The minimum Gasteiger partial charge on any atom is -0.462 e. The average Bonchev–Trinajstić information content (AvgIpc) is 2.91. The predicted molar refractivity (Wildman–Crippen MR) is 76.2 cm³/mol. The van der Waals surface area contributed by atoms with Gasteiger partial charge in [0, 0.05) is 12.2 Å². The third-order valence-corrected chi connectivity index (χ3v) is 3.56. The van der Waals surface area contributed by atoms with Crippen LogP contribution in [0.2, 0.25) is 0 Å². The number of nitrogen functional groups attached to an aromatic ring is 1. The predicted octanol–water partition coefficient (Wildman–Crippen LogP) is 2.22. The largest absolute Gasteiger partial charge is 0.462 e. The van der Waals surface area contributed by atoms with Crippen molar-refractivity contribution in [1.82, 2.24) is 4.90 Å². The lowest BCUT2D eigenvalue weighted by Gasteiger charge is -2.14. The van der Waals surface area contributed by atoms with Gasteiger partial charge in [-0.2, -0.15) is 0 Å². The number of nitrogens with zero attached hydrogens (tertiary/aromatic N) is 1. The molecule has 0 aromatic heterocycles. The molecule has 0 saturated carbocycles. The fraction of sp³-hybridized carbons (Fsp3) is 0.533. The molecule has 0 aliphatic carbocycles. The van der Waals surface area contributed by atoms with Crippen LogP contribution in [0.5, 0.6) is 0 Å². The van der Waals surface area contributed by atoms with Crippen molar-refractivity contribution in [3.8, 4) is 0 Å². The fourth-order valence-electron chi connectivity index (χ4n) is 2.35. The van der Waals surface area contributed by atoms with E-state index in [0.29, 0.717) is 17.9 Å². The molecule has 1 aromatic rings. The van der Waals surface area contributed by atoms with Gasteiger partial charge >= 0.3 is 5.97 Å². The van der Waals surface area contributed by atoms with Crippen molar-refractivity contribution in [1.29, 1.82) is 0 Å². The first-order chi connectivity index (χ1) is 9.16. The van der Waals surface area contributed by atoms with E-state index in [0.717, 1.165) is 18.5 Å². The number of carbonyl (C=O) groups is 1. The second-order valence-electron chi connectivity index (χ2n) is 5.11. The van der Waals surface area contributed by atoms with E-state index >= 15 is 0 Å². The van der Waals surface area contributed by atoms with E-state index in [9.17, 15) is 4.79 Å². The SMILES string of the molecule is Cc1cc(C(=O)OCCCN2CCCC2)ccc1N. The summed E-state index contributed by atoms with van der Waals surface area (Å²) >= 11 is 0. The molecule has 1 saturated heterocycles. The topological polar surface area (TPSA) is 55.6 Å². The Morgan fingerprint density at radius 3 is 2.79 bits per heavy atom. The highest BCUT2D eigenvalue weighted by Crippen LogP contribution is 2.13. The lowest BCUT2D eigenvalue weighted by atomic mass is 10.1. The maximum Gasteiger partial charge on any atom is 0.338 e. The van der Waals surface area contributed by atoms with E-state index in [1.54, 1.807) is 18.2 Å². The summed E-state index contributed by atoms with van der Waals surface area (Å²) in [7, 11) is 0. The van der Waals surface area contributed by atoms with E-state index in [4.69, 9.17) is 10.5 Å². The molecule has 1 aliphatic heterocycles. The van der Waals surface area contributed by atoms with Gasteiger partial charge in [0.15, 0.2) is 0 Å². The molecule has 104 valence electrons. The van der Waals surface area contributed by atoms with Crippen LogP contribution in [-0.4, -0.2) is 37.1 Å². The second-order valence-corrected chi connectivity index (χ2v) is 5.11. The van der Waals surface area contributed by atoms with Gasteiger partial charge in [0.25, 0.3) is 0 Å². The summed E-state index contributed by atoms with van der Waals surface area (Å²) in [6.45, 7) is 5.77. The van der Waals surface area contributed by atoms with Gasteiger partial charge in [-0.15, -0.1) is 0 Å². The smallest absolute Gasteiger partial charge is 0.338 e. The Morgan fingerprint density at radius 2 is 2.11 bits per heavy atom. The Bertz CT molecular complexity index is 440. The molecule has 1 aromatic carbocycles. The van der Waals surface area contributed by atoms with Crippen LogP contribution in [0.25, 0.3) is 0 Å². The zero-order valence-corrected chi connectivity index (χ0v) is 11.5. The van der Waals surface area contributed by atoms with Crippen LogP contribution in [0, 0.1) is 6.92 Å². The maximum atomic E-state index is 11.8. The highest BCUT2D eigenvalue weighted by atomic mass is 16.5. The molecule has 2 rings (SSSR count). The summed E-state index contributed by atoms with van der Waals surface area (Å²) in [4.78, 5) is 14.2. The number of hydrogen-bond acceptors (Lipinski definition) is 4. The normalized spacial score (nSPS) is 15.6. The summed E-state index contributed by atoms with van der Waals surface area (Å²) in [6.07, 6.45) is 3.49. The molecule has 1 aliphatic rings. The van der Waals surface area contributed by atoms with Crippen LogP contribution in [0.15, 0.2) is 18.2 Å². The number of aryl methyl sites for hydroxylation is 1. The Kier molecular flexibility index (Phi) is 4.80. The summed E-state index contributed by atoms with van der Waals surface area (Å²) in [5, 5.41) is 0. The molecule has 0 atom stereocenters. The molecule has 0 unspecified atom stereocenters. The minimum absolute atomic E-state index is 0.260. The van der Waals surface area contributed by atoms with E-state index in [1.807, 2.05) is 6.92 Å². The first-order valence-corrected chi connectivity index (χ1v) is 6.92. The van der Waals surface area contributed by atoms with Gasteiger partial charge in [0.2, 0.25) is 0 Å². The average molecular weight is 262 g/mol. The van der Waals surface area contributed by atoms with Gasteiger partial charge in [-0.25, -0.2) is 4.79 Å². The van der Waals surface area contributed by atoms with Crippen LogP contribution >= 0.6 is 0 Å². The zero-order valence-electron chi connectivity index (χ0n) is 11.5. The monoisotopic (exact) mass is 262 g/mol. The fourth-order valence-corrected chi connectivity index (χ4v) is 2.35. The summed E-state index contributed by atoms with van der Waals surface area (Å²) in [5.41, 5.74) is 7.91. The van der Waals surface area contributed by atoms with E-state index < -0.39 is 0 Å². The third kappa shape index (κ3) is 3.96. The number of hydrogen-bond donors (Lipinski definition) is 1. The molecule has 0 spiro atoms. The molecular weight excluding hydrogens is 240 g/mol. The number of benzene rings is 1. The Hall–Kier alpha value is -1.55. The van der Waals surface area contributed by atoms with Gasteiger partial charge < -0.3 is 15.4 Å². The van der Waals surface area contributed by atoms with Crippen LogP contribution in [0.4, 0.5) is 5.69 Å². The van der Waals surface area contributed by atoms with Crippen molar-refractivity contribution >= 4 is 11.7 Å². The zero-order chi connectivity index (χ0) is 13.7. The molecule has 0 amide bonds. The van der Waals surface area contributed by atoms with Gasteiger partial charge in [-0.1, -0.05) is 0 Å². The molecule has 0 bridgehead atoms. The number of likely N-dealkylation sites (tertiary alicyclic amines) is 1. The molecular formula is C15H22N2O2. The van der Waals surface area contributed by atoms with Gasteiger partial charge in [-0.3, -0.25) is 0 Å². The van der Waals surface area contributed by atoms with Gasteiger partial charge in [0.1, 0.15) is 0 Å². The summed E-state index contributed by atoms with van der Waals surface area (Å²) in [5.74, 6) is -0.260. The van der Waals surface area contributed by atoms with Crippen molar-refractivity contribution in [3.05, 3.63) is 29.3 Å². The second kappa shape index (κ2) is 6.57. The van der Waals surface area contributed by atoms with Crippen LogP contribution < -0.4 is 5.73 Å². The number of esters is 1. The van der Waals surface area contributed by atoms with Crippen molar-refractivity contribution in [2.75, 3.05) is 32.0 Å². The molecule has 4 heteroatoms. The first-order valence-electron chi connectivity index (χ1n) is 6.92. The van der Waals surface area contributed by atoms with E-state index in [-0.39, 0.29) is 5.97 Å². The van der Waals surface area contributed by atoms with Crippen LogP contribution in [0.1, 0.15) is 35.2 Å². The number of ether oxygens (including phenoxy) is 1. The van der Waals surface area contributed by atoms with Crippen LogP contribution in [0.3, 0.4) is 0 Å². The highest BCUT2D eigenvalue weighted by molar-refractivity contribution is 5.90. The lowest BCUT2D eigenvalue weighted by Crippen LogP contribution is -2.22. The molecule has 0 radical (unpaired) electrons. The maximum absolute atomic E-state index is 11.8. The molecule has 19 heavy (non-hydrogen) atoms.